The Morgan fingerprint density at radius 1 is 1.00 bits per heavy atom. The summed E-state index contributed by atoms with van der Waals surface area (Å²) in [7, 11) is 0. The molecule has 1 saturated carbocycles. The molecular formula is C28H28ClF3N8O6. The van der Waals surface area contributed by atoms with Crippen LogP contribution in [0.1, 0.15) is 41.6 Å². The molecule has 1 unspecified atom stereocenters. The largest absolute Gasteiger partial charge is 0.480 e. The lowest BCUT2D eigenvalue weighted by Gasteiger charge is -2.19. The predicted molar refractivity (Wildman–Crippen MR) is 157 cm³/mol. The van der Waals surface area contributed by atoms with Gasteiger partial charge in [0, 0.05) is 22.8 Å². The molecule has 7 N–H and O–H groups in total. The average molecular weight is 665 g/mol. The van der Waals surface area contributed by atoms with Crippen LogP contribution in [0.5, 0.6) is 6.01 Å². The molecule has 3 aromatic rings. The lowest BCUT2D eigenvalue weighted by atomic mass is 10.1. The summed E-state index contributed by atoms with van der Waals surface area (Å²) in [5.41, 5.74) is 5.61. The number of ether oxygens (including phenoxy) is 1. The second-order valence-electron chi connectivity index (χ2n) is 10.2. The first-order chi connectivity index (χ1) is 21.7. The van der Waals surface area contributed by atoms with Crippen LogP contribution >= 0.6 is 11.6 Å². The van der Waals surface area contributed by atoms with Crippen molar-refractivity contribution in [3.05, 3.63) is 64.7 Å². The maximum absolute atomic E-state index is 12.8. The fraction of sp³-hybridized carbons (Fsp3) is 0.321. The Kier molecular flexibility index (Phi) is 10.5. The zero-order valence-corrected chi connectivity index (χ0v) is 24.6. The Morgan fingerprint density at radius 3 is 2.24 bits per heavy atom. The molecule has 1 atom stereocenters. The van der Waals surface area contributed by atoms with Crippen molar-refractivity contribution < 1.29 is 42.2 Å². The first-order valence-electron chi connectivity index (χ1n) is 13.7. The molecule has 1 aliphatic carbocycles. The number of primary amides is 1. The number of amides is 3. The molecule has 18 heteroatoms. The number of benzene rings is 2. The normalized spacial score (nSPS) is 14.0. The molecule has 4 rings (SSSR count). The van der Waals surface area contributed by atoms with Crippen LogP contribution in [0.2, 0.25) is 5.02 Å². The molecule has 2 aromatic carbocycles. The van der Waals surface area contributed by atoms with E-state index < -0.39 is 54.1 Å². The number of rotatable bonds is 14. The number of nitrogens with one attached hydrogen (secondary N) is 4. The fourth-order valence-electron chi connectivity index (χ4n) is 4.20. The minimum Gasteiger partial charge on any atom is -0.480 e. The molecule has 0 bridgehead atoms. The summed E-state index contributed by atoms with van der Waals surface area (Å²) >= 11 is 5.99. The van der Waals surface area contributed by atoms with E-state index in [1.54, 1.807) is 12.1 Å². The van der Waals surface area contributed by atoms with E-state index in [0.29, 0.717) is 23.6 Å². The maximum Gasteiger partial charge on any atom is 0.422 e. The van der Waals surface area contributed by atoms with Crippen LogP contribution in [-0.2, 0) is 19.9 Å². The molecule has 0 radical (unpaired) electrons. The summed E-state index contributed by atoms with van der Waals surface area (Å²) in [6.45, 7) is -1.65. The first-order valence-corrected chi connectivity index (χ1v) is 14.1. The van der Waals surface area contributed by atoms with Gasteiger partial charge in [-0.15, -0.1) is 0 Å². The van der Waals surface area contributed by atoms with Gasteiger partial charge in [-0.05, 0) is 67.6 Å². The van der Waals surface area contributed by atoms with Crippen LogP contribution in [0.3, 0.4) is 0 Å². The van der Waals surface area contributed by atoms with Crippen molar-refractivity contribution in [3.63, 3.8) is 0 Å². The van der Waals surface area contributed by atoms with E-state index in [0.717, 1.165) is 5.56 Å². The molecule has 1 aromatic heterocycles. The molecule has 244 valence electrons. The number of nitrogens with two attached hydrogens (primary N) is 1. The Labute approximate surface area is 264 Å². The quantitative estimate of drug-likeness (QED) is 0.109. The van der Waals surface area contributed by atoms with Crippen molar-refractivity contribution in [2.75, 3.05) is 23.8 Å². The highest BCUT2D eigenvalue weighted by molar-refractivity contribution is 6.34. The van der Waals surface area contributed by atoms with Gasteiger partial charge >= 0.3 is 30.0 Å². The number of carboxylic acid groups (broad SMARTS) is 1. The van der Waals surface area contributed by atoms with Crippen molar-refractivity contribution in [2.24, 2.45) is 5.73 Å². The number of alkyl halides is 3. The minimum atomic E-state index is -4.63. The van der Waals surface area contributed by atoms with E-state index >= 15 is 0 Å². The summed E-state index contributed by atoms with van der Waals surface area (Å²) in [5.74, 6) is -4.37. The zero-order valence-electron chi connectivity index (χ0n) is 23.9. The van der Waals surface area contributed by atoms with Gasteiger partial charge in [0.05, 0.1) is 5.54 Å². The standard InChI is InChI=1S/C28H28ClF3N8O6/c29-17-7-5-16(6-8-17)27(11-12-27)40-25-37-24(38-26(39-25)46-14-28(30,31)32)35-18-9-3-15(4-10-18)21(42)36-19(23(44)45)2-1-13-34-22(43)20(33)41/h3-10,19H,1-2,11-14H2,(H2,33,41)(H,34,43)(H,36,42)(H,44,45)(H2,35,37,38,39,40). The van der Waals surface area contributed by atoms with E-state index in [9.17, 15) is 37.5 Å². The lowest BCUT2D eigenvalue weighted by Crippen LogP contribution is -2.42. The van der Waals surface area contributed by atoms with E-state index in [4.69, 9.17) is 22.1 Å². The molecule has 46 heavy (non-hydrogen) atoms. The fourth-order valence-corrected chi connectivity index (χ4v) is 4.33. The lowest BCUT2D eigenvalue weighted by molar-refractivity contribution is -0.154. The van der Waals surface area contributed by atoms with Crippen LogP contribution in [0.15, 0.2) is 48.5 Å². The van der Waals surface area contributed by atoms with E-state index in [1.807, 2.05) is 12.1 Å². The van der Waals surface area contributed by atoms with Gasteiger partial charge in [-0.3, -0.25) is 14.4 Å². The van der Waals surface area contributed by atoms with Crippen molar-refractivity contribution in [1.82, 2.24) is 25.6 Å². The molecule has 3 amide bonds. The highest BCUT2D eigenvalue weighted by atomic mass is 35.5. The van der Waals surface area contributed by atoms with Crippen LogP contribution < -0.4 is 31.7 Å². The van der Waals surface area contributed by atoms with Gasteiger partial charge in [0.2, 0.25) is 11.9 Å². The van der Waals surface area contributed by atoms with Crippen LogP contribution in [0.25, 0.3) is 0 Å². The number of nitrogens with zero attached hydrogens (tertiary/aromatic N) is 3. The topological polar surface area (TPSA) is 211 Å². The Morgan fingerprint density at radius 2 is 1.65 bits per heavy atom. The second kappa shape index (κ2) is 14.3. The number of carbonyl (C=O) groups is 4. The second-order valence-corrected chi connectivity index (χ2v) is 10.6. The van der Waals surface area contributed by atoms with Gasteiger partial charge in [-0.2, -0.15) is 28.1 Å². The van der Waals surface area contributed by atoms with Gasteiger partial charge in [-0.1, -0.05) is 23.7 Å². The number of aromatic nitrogens is 3. The Hall–Kier alpha value is -5.19. The third-order valence-corrected chi connectivity index (χ3v) is 6.92. The zero-order chi connectivity index (χ0) is 33.5. The highest BCUT2D eigenvalue weighted by Crippen LogP contribution is 2.48. The van der Waals surface area contributed by atoms with Gasteiger partial charge in [0.1, 0.15) is 6.04 Å². The van der Waals surface area contributed by atoms with Crippen molar-refractivity contribution in [1.29, 1.82) is 0 Å². The number of anilines is 3. The van der Waals surface area contributed by atoms with E-state index in [2.05, 4.69) is 36.2 Å². The molecule has 1 heterocycles. The number of hydrogen-bond donors (Lipinski definition) is 6. The first kappa shape index (κ1) is 33.7. The Bertz CT molecular complexity index is 1590. The van der Waals surface area contributed by atoms with Gasteiger partial charge in [0.25, 0.3) is 5.91 Å². The summed E-state index contributed by atoms with van der Waals surface area (Å²) in [5, 5.41) is 20.6. The van der Waals surface area contributed by atoms with Crippen molar-refractivity contribution in [3.8, 4) is 6.01 Å². The maximum atomic E-state index is 12.8. The third kappa shape index (κ3) is 9.65. The number of hydrogen-bond acceptors (Lipinski definition) is 10. The monoisotopic (exact) mass is 664 g/mol. The number of carbonyl (C=O) groups excluding carboxylic acids is 3. The van der Waals surface area contributed by atoms with Gasteiger partial charge in [-0.25, -0.2) is 4.79 Å². The van der Waals surface area contributed by atoms with E-state index in [1.165, 1.54) is 24.3 Å². The molecule has 0 saturated heterocycles. The van der Waals surface area contributed by atoms with Gasteiger partial charge in [0.15, 0.2) is 6.61 Å². The molecule has 0 spiro atoms. The molecule has 1 aliphatic rings. The molecule has 0 aliphatic heterocycles. The van der Waals surface area contributed by atoms with Gasteiger partial charge < -0.3 is 36.8 Å². The molecular weight excluding hydrogens is 637 g/mol. The minimum absolute atomic E-state index is 0.0266. The smallest absolute Gasteiger partial charge is 0.422 e. The molecule has 1 fully saturated rings. The molecule has 14 nitrogen and oxygen atoms in total. The highest BCUT2D eigenvalue weighted by Gasteiger charge is 2.45. The summed E-state index contributed by atoms with van der Waals surface area (Å²) in [6.07, 6.45) is -3.13. The predicted octanol–water partition coefficient (Wildman–Crippen LogP) is 2.88. The number of aliphatic carboxylic acids is 1. The van der Waals surface area contributed by atoms with Crippen LogP contribution in [-0.4, -0.2) is 69.1 Å². The van der Waals surface area contributed by atoms with E-state index in [-0.39, 0.29) is 36.8 Å². The SMILES string of the molecule is NC(=O)C(=O)NCCCC(NC(=O)c1ccc(Nc2nc(NC3(c4ccc(Cl)cc4)CC3)nc(OCC(F)(F)F)n2)cc1)C(=O)O. The van der Waals surface area contributed by atoms with Crippen molar-refractivity contribution in [2.45, 2.75) is 43.4 Å². The average Bonchev–Trinajstić information content (AvgIpc) is 3.77. The summed E-state index contributed by atoms with van der Waals surface area (Å²) in [6, 6.07) is 10.9. The Balaban J connectivity index is 1.43. The van der Waals surface area contributed by atoms with Crippen LogP contribution in [0.4, 0.5) is 30.8 Å². The third-order valence-electron chi connectivity index (χ3n) is 6.66. The summed E-state index contributed by atoms with van der Waals surface area (Å²) < 4.78 is 43.3. The number of halogens is 4. The summed E-state index contributed by atoms with van der Waals surface area (Å²) in [4.78, 5) is 58.5. The van der Waals surface area contributed by atoms with Crippen LogP contribution in [0, 0.1) is 0 Å². The number of carboxylic acids is 1. The van der Waals surface area contributed by atoms with Crippen molar-refractivity contribution >= 4 is 52.9 Å².